The molecule has 0 atom stereocenters. The number of hydrogen-bond donors (Lipinski definition) is 1. The number of aromatic nitrogens is 2. The molecule has 0 radical (unpaired) electrons. The summed E-state index contributed by atoms with van der Waals surface area (Å²) in [6, 6.07) is 0. The van der Waals surface area contributed by atoms with Crippen LogP contribution >= 0.6 is 0 Å². The quantitative estimate of drug-likeness (QED) is 0.764. The minimum absolute atomic E-state index is 0.138. The normalized spacial score (nSPS) is 12.0. The van der Waals surface area contributed by atoms with Crippen LogP contribution < -0.4 is 5.32 Å². The standard InChI is InChI=1S/C10H19N3/c1-10(2,3)13-8-12-7-9(13)5-6-11-4/h7-8,11H,5-6H2,1-4H3. The molecule has 0 aliphatic rings. The Labute approximate surface area is 80.2 Å². The first-order valence-corrected chi connectivity index (χ1v) is 4.72. The first-order chi connectivity index (χ1) is 6.05. The van der Waals surface area contributed by atoms with Gasteiger partial charge >= 0.3 is 0 Å². The van der Waals surface area contributed by atoms with Crippen molar-refractivity contribution in [3.63, 3.8) is 0 Å². The summed E-state index contributed by atoms with van der Waals surface area (Å²) in [5.41, 5.74) is 1.43. The van der Waals surface area contributed by atoms with Crippen molar-refractivity contribution in [1.29, 1.82) is 0 Å². The molecule has 0 aliphatic heterocycles. The van der Waals surface area contributed by atoms with E-state index >= 15 is 0 Å². The Morgan fingerprint density at radius 1 is 1.46 bits per heavy atom. The smallest absolute Gasteiger partial charge is 0.0953 e. The Bertz CT molecular complexity index is 257. The summed E-state index contributed by atoms with van der Waals surface area (Å²) in [6.07, 6.45) is 4.89. The van der Waals surface area contributed by atoms with Crippen LogP contribution in [0.1, 0.15) is 26.5 Å². The summed E-state index contributed by atoms with van der Waals surface area (Å²) < 4.78 is 2.23. The highest BCUT2D eigenvalue weighted by Crippen LogP contribution is 2.16. The third kappa shape index (κ3) is 2.56. The molecule has 3 nitrogen and oxygen atoms in total. The number of rotatable bonds is 3. The van der Waals surface area contributed by atoms with Gasteiger partial charge in [-0.1, -0.05) is 0 Å². The van der Waals surface area contributed by atoms with E-state index in [-0.39, 0.29) is 5.54 Å². The van der Waals surface area contributed by atoms with Gasteiger partial charge < -0.3 is 9.88 Å². The maximum absolute atomic E-state index is 4.18. The molecule has 0 saturated heterocycles. The molecular weight excluding hydrogens is 162 g/mol. The second kappa shape index (κ2) is 3.92. The van der Waals surface area contributed by atoms with Crippen LogP contribution in [0.4, 0.5) is 0 Å². The van der Waals surface area contributed by atoms with Crippen molar-refractivity contribution in [3.8, 4) is 0 Å². The fraction of sp³-hybridized carbons (Fsp3) is 0.700. The Balaban J connectivity index is 2.77. The van der Waals surface area contributed by atoms with E-state index in [2.05, 4.69) is 35.6 Å². The van der Waals surface area contributed by atoms with Crippen molar-refractivity contribution >= 4 is 0 Å². The number of nitrogens with zero attached hydrogens (tertiary/aromatic N) is 2. The summed E-state index contributed by atoms with van der Waals surface area (Å²) in [5, 5.41) is 3.14. The zero-order valence-corrected chi connectivity index (χ0v) is 8.96. The van der Waals surface area contributed by atoms with Gasteiger partial charge in [0.15, 0.2) is 0 Å². The van der Waals surface area contributed by atoms with Gasteiger partial charge in [0.05, 0.1) is 6.33 Å². The highest BCUT2D eigenvalue weighted by molar-refractivity contribution is 5.02. The van der Waals surface area contributed by atoms with Gasteiger partial charge in [0.2, 0.25) is 0 Å². The molecule has 0 amide bonds. The molecular formula is C10H19N3. The van der Waals surface area contributed by atoms with E-state index in [0.29, 0.717) is 0 Å². The predicted molar refractivity (Wildman–Crippen MR) is 54.9 cm³/mol. The molecule has 0 fully saturated rings. The Hall–Kier alpha value is -0.830. The lowest BCUT2D eigenvalue weighted by molar-refractivity contribution is 0.383. The average molecular weight is 181 g/mol. The SMILES string of the molecule is CNCCc1cncn1C(C)(C)C. The van der Waals surface area contributed by atoms with Crippen molar-refractivity contribution in [2.24, 2.45) is 0 Å². The third-order valence-electron chi connectivity index (χ3n) is 2.07. The second-order valence-corrected chi connectivity index (χ2v) is 4.28. The van der Waals surface area contributed by atoms with E-state index in [0.717, 1.165) is 13.0 Å². The number of hydrogen-bond acceptors (Lipinski definition) is 2. The molecule has 3 heteroatoms. The topological polar surface area (TPSA) is 29.9 Å². The van der Waals surface area contributed by atoms with E-state index in [1.807, 2.05) is 19.6 Å². The first kappa shape index (κ1) is 10.3. The average Bonchev–Trinajstić information content (AvgIpc) is 2.47. The molecule has 1 rings (SSSR count). The van der Waals surface area contributed by atoms with E-state index in [1.54, 1.807) is 0 Å². The molecule has 0 aliphatic carbocycles. The van der Waals surface area contributed by atoms with Crippen LogP contribution in [0.25, 0.3) is 0 Å². The molecule has 0 bridgehead atoms. The minimum atomic E-state index is 0.138. The Morgan fingerprint density at radius 2 is 2.15 bits per heavy atom. The van der Waals surface area contributed by atoms with Crippen LogP contribution in [-0.4, -0.2) is 23.1 Å². The van der Waals surface area contributed by atoms with E-state index in [9.17, 15) is 0 Å². The monoisotopic (exact) mass is 181 g/mol. The highest BCUT2D eigenvalue weighted by Gasteiger charge is 2.15. The fourth-order valence-electron chi connectivity index (χ4n) is 1.36. The van der Waals surface area contributed by atoms with Crippen molar-refractivity contribution < 1.29 is 0 Å². The first-order valence-electron chi connectivity index (χ1n) is 4.72. The van der Waals surface area contributed by atoms with Crippen molar-refractivity contribution in [1.82, 2.24) is 14.9 Å². The van der Waals surface area contributed by atoms with Crippen molar-refractivity contribution in [3.05, 3.63) is 18.2 Å². The predicted octanol–water partition coefficient (Wildman–Crippen LogP) is 1.40. The Kier molecular flexibility index (Phi) is 3.09. The third-order valence-corrected chi connectivity index (χ3v) is 2.07. The molecule has 0 unspecified atom stereocenters. The largest absolute Gasteiger partial charge is 0.329 e. The molecule has 1 aromatic rings. The molecule has 0 saturated carbocycles. The van der Waals surface area contributed by atoms with Gasteiger partial charge in [-0.15, -0.1) is 0 Å². The van der Waals surface area contributed by atoms with E-state index in [4.69, 9.17) is 0 Å². The van der Waals surface area contributed by atoms with Crippen LogP contribution in [0.15, 0.2) is 12.5 Å². The van der Waals surface area contributed by atoms with Gasteiger partial charge in [0.1, 0.15) is 0 Å². The van der Waals surface area contributed by atoms with Gasteiger partial charge in [-0.3, -0.25) is 0 Å². The van der Waals surface area contributed by atoms with Gasteiger partial charge in [0, 0.05) is 30.4 Å². The van der Waals surface area contributed by atoms with E-state index in [1.165, 1.54) is 5.69 Å². The zero-order chi connectivity index (χ0) is 9.90. The maximum atomic E-state index is 4.18. The van der Waals surface area contributed by atoms with Crippen molar-refractivity contribution in [2.45, 2.75) is 32.7 Å². The summed E-state index contributed by atoms with van der Waals surface area (Å²) in [5.74, 6) is 0. The van der Waals surface area contributed by atoms with Crippen LogP contribution in [-0.2, 0) is 12.0 Å². The lowest BCUT2D eigenvalue weighted by atomic mass is 10.1. The lowest BCUT2D eigenvalue weighted by Crippen LogP contribution is -2.24. The molecule has 13 heavy (non-hydrogen) atoms. The molecule has 1 heterocycles. The Morgan fingerprint density at radius 3 is 2.69 bits per heavy atom. The van der Waals surface area contributed by atoms with Gasteiger partial charge in [-0.25, -0.2) is 4.98 Å². The summed E-state index contributed by atoms with van der Waals surface area (Å²) in [4.78, 5) is 4.18. The second-order valence-electron chi connectivity index (χ2n) is 4.28. The van der Waals surface area contributed by atoms with Crippen LogP contribution in [0, 0.1) is 0 Å². The number of nitrogens with one attached hydrogen (secondary N) is 1. The molecule has 0 aromatic carbocycles. The minimum Gasteiger partial charge on any atom is -0.329 e. The number of likely N-dealkylation sites (N-methyl/N-ethyl adjacent to an activating group) is 1. The summed E-state index contributed by atoms with van der Waals surface area (Å²) in [6.45, 7) is 7.58. The fourth-order valence-corrected chi connectivity index (χ4v) is 1.36. The lowest BCUT2D eigenvalue weighted by Gasteiger charge is -2.23. The van der Waals surface area contributed by atoms with Crippen LogP contribution in [0.3, 0.4) is 0 Å². The van der Waals surface area contributed by atoms with Gasteiger partial charge in [0.25, 0.3) is 0 Å². The molecule has 1 aromatic heterocycles. The number of imidazole rings is 1. The van der Waals surface area contributed by atoms with E-state index < -0.39 is 0 Å². The zero-order valence-electron chi connectivity index (χ0n) is 8.96. The van der Waals surface area contributed by atoms with Gasteiger partial charge in [-0.2, -0.15) is 0 Å². The molecule has 1 N–H and O–H groups in total. The van der Waals surface area contributed by atoms with Crippen LogP contribution in [0.2, 0.25) is 0 Å². The summed E-state index contributed by atoms with van der Waals surface area (Å²) in [7, 11) is 1.97. The van der Waals surface area contributed by atoms with Gasteiger partial charge in [-0.05, 0) is 27.8 Å². The van der Waals surface area contributed by atoms with Crippen LogP contribution in [0.5, 0.6) is 0 Å². The molecule has 74 valence electrons. The maximum Gasteiger partial charge on any atom is 0.0953 e. The molecule has 0 spiro atoms. The van der Waals surface area contributed by atoms with Crippen molar-refractivity contribution in [2.75, 3.05) is 13.6 Å². The summed E-state index contributed by atoms with van der Waals surface area (Å²) >= 11 is 0. The highest BCUT2D eigenvalue weighted by atomic mass is 15.1.